The second-order valence-electron chi connectivity index (χ2n) is 3.22. The summed E-state index contributed by atoms with van der Waals surface area (Å²) in [6, 6.07) is 6.94. The van der Waals surface area contributed by atoms with Crippen LogP contribution in [0.1, 0.15) is 28.8 Å². The fraction of sp³-hybridized carbons (Fsp3) is 0.273. The Hall–Kier alpha value is -1.68. The molecule has 0 saturated heterocycles. The SMILES string of the molecule is NCc1cccc(C(=O)CCC(=O)O)c1. The predicted octanol–water partition coefficient (Wildman–Crippen LogP) is 1.19. The molecule has 0 amide bonds. The maximum absolute atomic E-state index is 11.5. The Morgan fingerprint density at radius 2 is 2.00 bits per heavy atom. The van der Waals surface area contributed by atoms with Crippen molar-refractivity contribution >= 4 is 11.8 Å². The van der Waals surface area contributed by atoms with Gasteiger partial charge in [-0.3, -0.25) is 9.59 Å². The van der Waals surface area contributed by atoms with E-state index in [1.165, 1.54) is 0 Å². The van der Waals surface area contributed by atoms with E-state index in [9.17, 15) is 9.59 Å². The number of Topliss-reactive ketones (excluding diaryl/α,β-unsaturated/α-hetero) is 1. The van der Waals surface area contributed by atoms with Crippen molar-refractivity contribution in [1.29, 1.82) is 0 Å². The first kappa shape index (κ1) is 11.4. The van der Waals surface area contributed by atoms with Gasteiger partial charge in [-0.1, -0.05) is 18.2 Å². The first-order valence-electron chi connectivity index (χ1n) is 4.67. The zero-order chi connectivity index (χ0) is 11.3. The summed E-state index contributed by atoms with van der Waals surface area (Å²) < 4.78 is 0. The van der Waals surface area contributed by atoms with Crippen molar-refractivity contribution in [2.45, 2.75) is 19.4 Å². The van der Waals surface area contributed by atoms with Gasteiger partial charge in [0, 0.05) is 18.5 Å². The molecule has 0 unspecified atom stereocenters. The minimum atomic E-state index is -0.960. The Morgan fingerprint density at radius 1 is 1.27 bits per heavy atom. The van der Waals surface area contributed by atoms with Gasteiger partial charge in [0.05, 0.1) is 6.42 Å². The lowest BCUT2D eigenvalue weighted by Crippen LogP contribution is -2.05. The fourth-order valence-corrected chi connectivity index (χ4v) is 1.24. The van der Waals surface area contributed by atoms with Gasteiger partial charge in [0.2, 0.25) is 0 Å². The molecule has 0 aromatic heterocycles. The number of ketones is 1. The summed E-state index contributed by atoms with van der Waals surface area (Å²) in [6.45, 7) is 0.375. The van der Waals surface area contributed by atoms with E-state index in [-0.39, 0.29) is 18.6 Å². The van der Waals surface area contributed by atoms with Crippen molar-refractivity contribution in [3.63, 3.8) is 0 Å². The molecule has 0 saturated carbocycles. The summed E-state index contributed by atoms with van der Waals surface area (Å²) in [4.78, 5) is 21.8. The molecule has 0 atom stereocenters. The van der Waals surface area contributed by atoms with E-state index >= 15 is 0 Å². The number of benzene rings is 1. The molecule has 0 aliphatic rings. The van der Waals surface area contributed by atoms with Gasteiger partial charge in [0.15, 0.2) is 5.78 Å². The molecule has 1 rings (SSSR count). The first-order valence-corrected chi connectivity index (χ1v) is 4.67. The van der Waals surface area contributed by atoms with Crippen molar-refractivity contribution < 1.29 is 14.7 Å². The van der Waals surface area contributed by atoms with Gasteiger partial charge in [-0.2, -0.15) is 0 Å². The quantitative estimate of drug-likeness (QED) is 0.711. The molecule has 0 spiro atoms. The second kappa shape index (κ2) is 5.26. The standard InChI is InChI=1S/C11H13NO3/c12-7-8-2-1-3-9(6-8)10(13)4-5-11(14)15/h1-3,6H,4-5,7,12H2,(H,14,15). The highest BCUT2D eigenvalue weighted by Gasteiger charge is 2.08. The van der Waals surface area contributed by atoms with Crippen LogP contribution < -0.4 is 5.73 Å². The zero-order valence-corrected chi connectivity index (χ0v) is 8.27. The van der Waals surface area contributed by atoms with Gasteiger partial charge in [-0.15, -0.1) is 0 Å². The summed E-state index contributed by atoms with van der Waals surface area (Å²) in [5.74, 6) is -1.12. The number of carboxylic acid groups (broad SMARTS) is 1. The Labute approximate surface area is 87.7 Å². The number of carbonyl (C=O) groups excluding carboxylic acids is 1. The van der Waals surface area contributed by atoms with Gasteiger partial charge in [-0.25, -0.2) is 0 Å². The lowest BCUT2D eigenvalue weighted by atomic mass is 10.0. The summed E-state index contributed by atoms with van der Waals surface area (Å²) in [5.41, 5.74) is 6.83. The largest absolute Gasteiger partial charge is 0.481 e. The molecule has 0 heterocycles. The third-order valence-corrected chi connectivity index (χ3v) is 2.05. The average Bonchev–Trinajstić information content (AvgIpc) is 2.26. The molecule has 0 aliphatic heterocycles. The molecule has 1 aromatic rings. The number of carboxylic acids is 1. The van der Waals surface area contributed by atoms with E-state index in [1.807, 2.05) is 6.07 Å². The van der Waals surface area contributed by atoms with Crippen LogP contribution in [0.15, 0.2) is 24.3 Å². The Kier molecular flexibility index (Phi) is 4.00. The molecule has 4 heteroatoms. The van der Waals surface area contributed by atoms with Gasteiger partial charge < -0.3 is 10.8 Å². The lowest BCUT2D eigenvalue weighted by Gasteiger charge is -2.01. The van der Waals surface area contributed by atoms with Crippen LogP contribution in [-0.4, -0.2) is 16.9 Å². The van der Waals surface area contributed by atoms with Gasteiger partial charge in [0.25, 0.3) is 0 Å². The number of aliphatic carboxylic acids is 1. The maximum atomic E-state index is 11.5. The van der Waals surface area contributed by atoms with Gasteiger partial charge >= 0.3 is 5.97 Å². The number of hydrogen-bond acceptors (Lipinski definition) is 3. The van der Waals surface area contributed by atoms with Gasteiger partial charge in [0.1, 0.15) is 0 Å². The minimum Gasteiger partial charge on any atom is -0.481 e. The second-order valence-corrected chi connectivity index (χ2v) is 3.22. The highest BCUT2D eigenvalue weighted by molar-refractivity contribution is 5.97. The van der Waals surface area contributed by atoms with Gasteiger partial charge in [-0.05, 0) is 11.6 Å². The third kappa shape index (κ3) is 3.52. The molecule has 4 nitrogen and oxygen atoms in total. The van der Waals surface area contributed by atoms with Crippen molar-refractivity contribution in [1.82, 2.24) is 0 Å². The van der Waals surface area contributed by atoms with Crippen LogP contribution in [0.25, 0.3) is 0 Å². The molecular formula is C11H13NO3. The molecule has 15 heavy (non-hydrogen) atoms. The van der Waals surface area contributed by atoms with Crippen molar-refractivity contribution in [2.75, 3.05) is 0 Å². The molecule has 80 valence electrons. The molecule has 0 fully saturated rings. The average molecular weight is 207 g/mol. The summed E-state index contributed by atoms with van der Waals surface area (Å²) in [6.07, 6.45) is -0.102. The number of nitrogens with two attached hydrogens (primary N) is 1. The fourth-order valence-electron chi connectivity index (χ4n) is 1.24. The van der Waals surface area contributed by atoms with Crippen LogP contribution in [-0.2, 0) is 11.3 Å². The number of carbonyl (C=O) groups is 2. The molecule has 0 aliphatic carbocycles. The Balaban J connectivity index is 2.69. The third-order valence-electron chi connectivity index (χ3n) is 2.05. The topological polar surface area (TPSA) is 80.4 Å². The van der Waals surface area contributed by atoms with Crippen LogP contribution in [0, 0.1) is 0 Å². The van der Waals surface area contributed by atoms with Crippen molar-refractivity contribution in [3.05, 3.63) is 35.4 Å². The van der Waals surface area contributed by atoms with Crippen LogP contribution in [0.4, 0.5) is 0 Å². The summed E-state index contributed by atoms with van der Waals surface area (Å²) in [7, 11) is 0. The van der Waals surface area contributed by atoms with E-state index < -0.39 is 5.97 Å². The highest BCUT2D eigenvalue weighted by Crippen LogP contribution is 2.08. The Morgan fingerprint density at radius 3 is 2.60 bits per heavy atom. The summed E-state index contributed by atoms with van der Waals surface area (Å²) >= 11 is 0. The zero-order valence-electron chi connectivity index (χ0n) is 8.27. The van der Waals surface area contributed by atoms with Crippen molar-refractivity contribution in [3.8, 4) is 0 Å². The first-order chi connectivity index (χ1) is 7.13. The summed E-state index contributed by atoms with van der Waals surface area (Å²) in [5, 5.41) is 8.44. The molecule has 0 bridgehead atoms. The minimum absolute atomic E-state index is 0.0311. The molecule has 3 N–H and O–H groups in total. The molecular weight excluding hydrogens is 194 g/mol. The van der Waals surface area contributed by atoms with E-state index in [1.54, 1.807) is 18.2 Å². The number of rotatable bonds is 5. The maximum Gasteiger partial charge on any atom is 0.303 e. The molecule has 0 radical (unpaired) electrons. The monoisotopic (exact) mass is 207 g/mol. The van der Waals surface area contributed by atoms with Crippen LogP contribution >= 0.6 is 0 Å². The van der Waals surface area contributed by atoms with Crippen molar-refractivity contribution in [2.24, 2.45) is 5.73 Å². The van der Waals surface area contributed by atoms with Crippen LogP contribution in [0.2, 0.25) is 0 Å². The highest BCUT2D eigenvalue weighted by atomic mass is 16.4. The number of hydrogen-bond donors (Lipinski definition) is 2. The molecule has 1 aromatic carbocycles. The van der Waals surface area contributed by atoms with Crippen LogP contribution in [0.3, 0.4) is 0 Å². The van der Waals surface area contributed by atoms with Crippen LogP contribution in [0.5, 0.6) is 0 Å². The predicted molar refractivity (Wildman–Crippen MR) is 55.5 cm³/mol. The van der Waals surface area contributed by atoms with E-state index in [0.29, 0.717) is 12.1 Å². The van der Waals surface area contributed by atoms with E-state index in [2.05, 4.69) is 0 Å². The smallest absolute Gasteiger partial charge is 0.303 e. The van der Waals surface area contributed by atoms with E-state index in [0.717, 1.165) is 5.56 Å². The lowest BCUT2D eigenvalue weighted by molar-refractivity contribution is -0.136. The van der Waals surface area contributed by atoms with E-state index in [4.69, 9.17) is 10.8 Å². The Bertz CT molecular complexity index is 374. The normalized spacial score (nSPS) is 9.93.